The Morgan fingerprint density at radius 3 is 1.50 bits per heavy atom. The number of halogens is 4. The molecule has 1 aliphatic heterocycles. The van der Waals surface area contributed by atoms with E-state index in [4.69, 9.17) is 0 Å². The molecule has 0 amide bonds. The van der Waals surface area contributed by atoms with Crippen molar-refractivity contribution in [3.8, 4) is 0 Å². The van der Waals surface area contributed by atoms with Crippen LogP contribution in [-0.2, 0) is 0 Å². The van der Waals surface area contributed by atoms with Crippen molar-refractivity contribution in [2.75, 3.05) is 10.6 Å². The quantitative estimate of drug-likeness (QED) is 0.387. The highest BCUT2D eigenvalue weighted by Crippen LogP contribution is 2.37. The fourth-order valence-electron chi connectivity index (χ4n) is 1.37. The van der Waals surface area contributed by atoms with Crippen molar-refractivity contribution in [3.05, 3.63) is 23.3 Å². The fraction of sp³-hybridized carbons (Fsp3) is 0.250. The van der Waals surface area contributed by atoms with E-state index in [9.17, 15) is 17.6 Å². The van der Waals surface area contributed by atoms with Crippen molar-refractivity contribution >= 4 is 11.4 Å². The topological polar surface area (TPSA) is 24.1 Å². The van der Waals surface area contributed by atoms with E-state index in [0.29, 0.717) is 0 Å². The molecular formula is C8H6F4N2. The molecule has 0 radical (unpaired) electrons. The summed E-state index contributed by atoms with van der Waals surface area (Å²) in [6.07, 6.45) is -0.463. The Hall–Kier alpha value is -1.46. The van der Waals surface area contributed by atoms with E-state index in [1.807, 2.05) is 0 Å². The largest absolute Gasteiger partial charge is 0.361 e. The smallest absolute Gasteiger partial charge is 0.199 e. The van der Waals surface area contributed by atoms with Crippen LogP contribution in [0.3, 0.4) is 0 Å². The minimum Gasteiger partial charge on any atom is -0.361 e. The van der Waals surface area contributed by atoms with E-state index in [0.717, 1.165) is 0 Å². The molecule has 2 N–H and O–H groups in total. The molecule has 2 nitrogen and oxygen atoms in total. The number of hydrogen-bond donors (Lipinski definition) is 2. The highest BCUT2D eigenvalue weighted by atomic mass is 19.2. The lowest BCUT2D eigenvalue weighted by Crippen LogP contribution is -2.16. The fourth-order valence-corrected chi connectivity index (χ4v) is 1.37. The number of fused-ring (bicyclic) bond motifs is 1. The SMILES string of the molecule is CC1Nc2c(F)c(F)c(F)c(F)c2N1. The van der Waals surface area contributed by atoms with Crippen LogP contribution in [0.2, 0.25) is 0 Å². The van der Waals surface area contributed by atoms with Crippen LogP contribution in [0.4, 0.5) is 28.9 Å². The van der Waals surface area contributed by atoms with E-state index >= 15 is 0 Å². The zero-order valence-electron chi connectivity index (χ0n) is 7.09. The molecule has 0 unspecified atom stereocenters. The van der Waals surface area contributed by atoms with E-state index in [2.05, 4.69) is 10.6 Å². The van der Waals surface area contributed by atoms with Gasteiger partial charge in [0.05, 0.1) is 6.17 Å². The Morgan fingerprint density at radius 2 is 1.14 bits per heavy atom. The third-order valence-corrected chi connectivity index (χ3v) is 1.99. The molecule has 0 fully saturated rings. The third kappa shape index (κ3) is 1.03. The average Bonchev–Trinajstić information content (AvgIpc) is 2.54. The van der Waals surface area contributed by atoms with Crippen molar-refractivity contribution in [3.63, 3.8) is 0 Å². The van der Waals surface area contributed by atoms with Crippen LogP contribution in [0, 0.1) is 23.3 Å². The molecule has 0 saturated heterocycles. The summed E-state index contributed by atoms with van der Waals surface area (Å²) in [5, 5.41) is 4.88. The van der Waals surface area contributed by atoms with E-state index in [1.165, 1.54) is 0 Å². The lowest BCUT2D eigenvalue weighted by atomic mass is 10.2. The first-order valence-corrected chi connectivity index (χ1v) is 3.91. The summed E-state index contributed by atoms with van der Waals surface area (Å²) in [5.41, 5.74) is -0.734. The zero-order chi connectivity index (χ0) is 10.5. The van der Waals surface area contributed by atoms with Gasteiger partial charge in [-0.05, 0) is 6.92 Å². The van der Waals surface area contributed by atoms with Crippen LogP contribution in [0.1, 0.15) is 6.92 Å². The van der Waals surface area contributed by atoms with Gasteiger partial charge in [0.15, 0.2) is 23.3 Å². The summed E-state index contributed by atoms with van der Waals surface area (Å²) < 4.78 is 51.5. The van der Waals surface area contributed by atoms with Crippen molar-refractivity contribution in [1.82, 2.24) is 0 Å². The molecule has 1 aromatic rings. The van der Waals surface area contributed by atoms with Crippen LogP contribution in [0.15, 0.2) is 0 Å². The van der Waals surface area contributed by atoms with Crippen LogP contribution in [0.5, 0.6) is 0 Å². The summed E-state index contributed by atoms with van der Waals surface area (Å²) >= 11 is 0. The summed E-state index contributed by atoms with van der Waals surface area (Å²) in [6, 6.07) is 0. The molecule has 0 atom stereocenters. The maximum Gasteiger partial charge on any atom is 0.199 e. The van der Waals surface area contributed by atoms with Gasteiger partial charge in [0, 0.05) is 0 Å². The maximum atomic E-state index is 13.0. The number of benzene rings is 1. The molecule has 0 spiro atoms. The molecule has 0 saturated carbocycles. The second-order valence-electron chi connectivity index (χ2n) is 3.02. The standard InChI is InChI=1S/C8H6F4N2/c1-2-13-7-5(11)3(9)4(10)6(12)8(7)14-2/h2,13-14H,1H3. The Morgan fingerprint density at radius 1 is 0.786 bits per heavy atom. The molecule has 0 bridgehead atoms. The molecule has 14 heavy (non-hydrogen) atoms. The van der Waals surface area contributed by atoms with Gasteiger partial charge in [-0.25, -0.2) is 17.6 Å². The van der Waals surface area contributed by atoms with Gasteiger partial charge in [-0.1, -0.05) is 0 Å². The van der Waals surface area contributed by atoms with Gasteiger partial charge in [-0.15, -0.1) is 0 Å². The van der Waals surface area contributed by atoms with E-state index in [-0.39, 0.29) is 11.4 Å². The van der Waals surface area contributed by atoms with Gasteiger partial charge in [-0.2, -0.15) is 0 Å². The molecule has 2 rings (SSSR count). The minimum atomic E-state index is -1.80. The predicted octanol–water partition coefficient (Wildman–Crippen LogP) is 2.43. The Kier molecular flexibility index (Phi) is 1.80. The summed E-state index contributed by atoms with van der Waals surface area (Å²) in [6.45, 7) is 1.56. The van der Waals surface area contributed by atoms with Gasteiger partial charge in [0.25, 0.3) is 0 Å². The minimum absolute atomic E-state index is 0.367. The first-order valence-electron chi connectivity index (χ1n) is 3.91. The lowest BCUT2D eigenvalue weighted by molar-refractivity contribution is 0.414. The Labute approximate surface area is 76.9 Å². The molecule has 6 heteroatoms. The van der Waals surface area contributed by atoms with Gasteiger partial charge in [-0.3, -0.25) is 0 Å². The van der Waals surface area contributed by atoms with Gasteiger partial charge < -0.3 is 10.6 Å². The van der Waals surface area contributed by atoms with Gasteiger partial charge >= 0.3 is 0 Å². The van der Waals surface area contributed by atoms with Crippen LogP contribution in [-0.4, -0.2) is 6.17 Å². The van der Waals surface area contributed by atoms with Crippen LogP contribution < -0.4 is 10.6 Å². The maximum absolute atomic E-state index is 13.0. The molecular weight excluding hydrogens is 200 g/mol. The van der Waals surface area contributed by atoms with E-state index in [1.54, 1.807) is 6.92 Å². The monoisotopic (exact) mass is 206 g/mol. The van der Waals surface area contributed by atoms with Gasteiger partial charge in [0.1, 0.15) is 11.4 Å². The zero-order valence-corrected chi connectivity index (χ0v) is 7.09. The molecule has 1 aromatic carbocycles. The summed E-state index contributed by atoms with van der Waals surface area (Å²) in [4.78, 5) is 0. The predicted molar refractivity (Wildman–Crippen MR) is 43.0 cm³/mol. The molecule has 0 aliphatic carbocycles. The second kappa shape index (κ2) is 2.76. The molecule has 0 aromatic heterocycles. The highest BCUT2D eigenvalue weighted by molar-refractivity contribution is 5.75. The van der Waals surface area contributed by atoms with Gasteiger partial charge in [0.2, 0.25) is 0 Å². The third-order valence-electron chi connectivity index (χ3n) is 1.99. The van der Waals surface area contributed by atoms with Crippen molar-refractivity contribution < 1.29 is 17.6 Å². The van der Waals surface area contributed by atoms with Crippen molar-refractivity contribution in [1.29, 1.82) is 0 Å². The molecule has 1 aliphatic rings. The van der Waals surface area contributed by atoms with E-state index < -0.39 is 29.4 Å². The summed E-state index contributed by atoms with van der Waals surface area (Å²) in [7, 11) is 0. The molecule has 1 heterocycles. The lowest BCUT2D eigenvalue weighted by Gasteiger charge is -2.04. The first kappa shape index (κ1) is 9.11. The van der Waals surface area contributed by atoms with Crippen LogP contribution >= 0.6 is 0 Å². The Bertz CT molecular complexity index is 368. The number of nitrogens with one attached hydrogen (secondary N) is 2. The summed E-state index contributed by atoms with van der Waals surface area (Å²) in [5.74, 6) is -6.42. The highest BCUT2D eigenvalue weighted by Gasteiger charge is 2.30. The normalized spacial score (nSPS) is 14.9. The van der Waals surface area contributed by atoms with Crippen LogP contribution in [0.25, 0.3) is 0 Å². The number of rotatable bonds is 0. The Balaban J connectivity index is 2.70. The number of anilines is 2. The molecule has 76 valence electrons. The number of hydrogen-bond acceptors (Lipinski definition) is 2. The average molecular weight is 206 g/mol. The van der Waals surface area contributed by atoms with Crippen molar-refractivity contribution in [2.45, 2.75) is 13.1 Å². The second-order valence-corrected chi connectivity index (χ2v) is 3.02. The van der Waals surface area contributed by atoms with Crippen molar-refractivity contribution in [2.24, 2.45) is 0 Å². The first-order chi connectivity index (χ1) is 6.52.